The highest BCUT2D eigenvalue weighted by Crippen LogP contribution is 2.45. The number of hydrogen-bond acceptors (Lipinski definition) is 6. The molecule has 1 atom stereocenters. The quantitative estimate of drug-likeness (QED) is 0.686. The molecule has 0 radical (unpaired) electrons. The molecule has 120 valence electrons. The van der Waals surface area contributed by atoms with Crippen molar-refractivity contribution in [3.8, 4) is 17.6 Å². The van der Waals surface area contributed by atoms with Crippen LogP contribution in [0.4, 0.5) is 5.69 Å². The maximum atomic E-state index is 11.4. The second kappa shape index (κ2) is 5.93. The summed E-state index contributed by atoms with van der Waals surface area (Å²) in [6, 6.07) is 13.4. The normalized spacial score (nSPS) is 15.9. The summed E-state index contributed by atoms with van der Waals surface area (Å²) < 4.78 is 10.7. The summed E-state index contributed by atoms with van der Waals surface area (Å²) in [5.41, 5.74) is 6.94. The van der Waals surface area contributed by atoms with E-state index in [9.17, 15) is 15.4 Å². The number of nitro groups is 1. The van der Waals surface area contributed by atoms with Gasteiger partial charge in [-0.25, -0.2) is 0 Å². The van der Waals surface area contributed by atoms with Gasteiger partial charge >= 0.3 is 0 Å². The Kier molecular flexibility index (Phi) is 3.80. The standard InChI is InChI=1S/C17H13N3O4/c1-23-10-6-7-12-15(8-10)24-17(19)13(9-18)16(12)11-4-2-3-5-14(11)20(21)22/h2-8,16H,19H2,1H3/t16-/m0/s1. The molecule has 0 unspecified atom stereocenters. The number of nitriles is 1. The Balaban J connectivity index is 2.27. The molecule has 0 bridgehead atoms. The minimum Gasteiger partial charge on any atom is -0.497 e. The van der Waals surface area contributed by atoms with E-state index in [1.165, 1.54) is 13.2 Å². The molecule has 7 heteroatoms. The second-order valence-corrected chi connectivity index (χ2v) is 5.14. The number of ether oxygens (including phenoxy) is 2. The predicted molar refractivity (Wildman–Crippen MR) is 85.4 cm³/mol. The zero-order valence-electron chi connectivity index (χ0n) is 12.7. The van der Waals surface area contributed by atoms with E-state index in [0.29, 0.717) is 22.6 Å². The summed E-state index contributed by atoms with van der Waals surface area (Å²) >= 11 is 0. The van der Waals surface area contributed by atoms with E-state index in [0.717, 1.165) is 0 Å². The number of para-hydroxylation sites is 1. The van der Waals surface area contributed by atoms with Gasteiger partial charge in [0.15, 0.2) is 0 Å². The zero-order chi connectivity index (χ0) is 17.3. The molecule has 0 spiro atoms. The van der Waals surface area contributed by atoms with Crippen molar-refractivity contribution in [2.24, 2.45) is 5.73 Å². The molecule has 1 heterocycles. The number of fused-ring (bicyclic) bond motifs is 1. The number of nitro benzene ring substituents is 1. The summed E-state index contributed by atoms with van der Waals surface area (Å²) in [5.74, 6) is 0.227. The summed E-state index contributed by atoms with van der Waals surface area (Å²) in [5, 5.41) is 20.9. The number of benzene rings is 2. The van der Waals surface area contributed by atoms with Gasteiger partial charge in [0.05, 0.1) is 18.0 Å². The van der Waals surface area contributed by atoms with Gasteiger partial charge in [0.25, 0.3) is 5.69 Å². The summed E-state index contributed by atoms with van der Waals surface area (Å²) in [7, 11) is 1.52. The maximum absolute atomic E-state index is 11.4. The van der Waals surface area contributed by atoms with Crippen LogP contribution in [0.15, 0.2) is 53.9 Å². The molecule has 0 aliphatic carbocycles. The molecular formula is C17H13N3O4. The summed E-state index contributed by atoms with van der Waals surface area (Å²) in [4.78, 5) is 10.9. The number of hydrogen-bond donors (Lipinski definition) is 1. The minimum absolute atomic E-state index is 0.0681. The molecule has 1 aliphatic heterocycles. The van der Waals surface area contributed by atoms with Crippen LogP contribution in [0.25, 0.3) is 0 Å². The van der Waals surface area contributed by atoms with Crippen LogP contribution in [0.2, 0.25) is 0 Å². The van der Waals surface area contributed by atoms with Crippen molar-refractivity contribution in [1.82, 2.24) is 0 Å². The van der Waals surface area contributed by atoms with Gasteiger partial charge in [0, 0.05) is 23.3 Å². The van der Waals surface area contributed by atoms with Crippen LogP contribution in [0, 0.1) is 21.4 Å². The molecule has 0 saturated heterocycles. The van der Waals surface area contributed by atoms with Crippen molar-refractivity contribution < 1.29 is 14.4 Å². The highest BCUT2D eigenvalue weighted by atomic mass is 16.6. The Morgan fingerprint density at radius 3 is 2.71 bits per heavy atom. The highest BCUT2D eigenvalue weighted by molar-refractivity contribution is 5.60. The molecule has 2 aromatic rings. The highest BCUT2D eigenvalue weighted by Gasteiger charge is 2.34. The molecule has 7 nitrogen and oxygen atoms in total. The van der Waals surface area contributed by atoms with Gasteiger partial charge in [-0.15, -0.1) is 0 Å². The second-order valence-electron chi connectivity index (χ2n) is 5.14. The van der Waals surface area contributed by atoms with E-state index in [2.05, 4.69) is 0 Å². The number of methoxy groups -OCH3 is 1. The van der Waals surface area contributed by atoms with Crippen LogP contribution in [0.5, 0.6) is 11.5 Å². The van der Waals surface area contributed by atoms with Gasteiger partial charge in [-0.3, -0.25) is 10.1 Å². The van der Waals surface area contributed by atoms with Crippen molar-refractivity contribution in [3.63, 3.8) is 0 Å². The third-order valence-corrected chi connectivity index (χ3v) is 3.87. The predicted octanol–water partition coefficient (Wildman–Crippen LogP) is 2.82. The molecule has 2 N–H and O–H groups in total. The minimum atomic E-state index is -0.675. The van der Waals surface area contributed by atoms with Crippen LogP contribution in [0.1, 0.15) is 17.0 Å². The number of allylic oxidation sites excluding steroid dienone is 1. The van der Waals surface area contributed by atoms with Gasteiger partial charge in [0.1, 0.15) is 23.1 Å². The van der Waals surface area contributed by atoms with Crippen LogP contribution in [-0.2, 0) is 0 Å². The first-order chi connectivity index (χ1) is 11.6. The topological polar surface area (TPSA) is 111 Å². The Morgan fingerprint density at radius 2 is 2.04 bits per heavy atom. The largest absolute Gasteiger partial charge is 0.497 e. The van der Waals surface area contributed by atoms with Crippen LogP contribution in [-0.4, -0.2) is 12.0 Å². The lowest BCUT2D eigenvalue weighted by molar-refractivity contribution is -0.385. The monoisotopic (exact) mass is 323 g/mol. The average Bonchev–Trinajstić information content (AvgIpc) is 2.59. The number of rotatable bonds is 3. The lowest BCUT2D eigenvalue weighted by Gasteiger charge is -2.26. The fraction of sp³-hybridized carbons (Fsp3) is 0.118. The van der Waals surface area contributed by atoms with Gasteiger partial charge < -0.3 is 15.2 Å². The van der Waals surface area contributed by atoms with Crippen molar-refractivity contribution in [3.05, 3.63) is 75.2 Å². The van der Waals surface area contributed by atoms with E-state index in [4.69, 9.17) is 15.2 Å². The van der Waals surface area contributed by atoms with E-state index in [1.807, 2.05) is 6.07 Å². The lowest BCUT2D eigenvalue weighted by Crippen LogP contribution is -2.21. The van der Waals surface area contributed by atoms with Crippen LogP contribution in [0.3, 0.4) is 0 Å². The first-order valence-electron chi connectivity index (χ1n) is 7.05. The van der Waals surface area contributed by atoms with Gasteiger partial charge in [0.2, 0.25) is 5.88 Å². The first-order valence-corrected chi connectivity index (χ1v) is 7.05. The van der Waals surface area contributed by atoms with E-state index in [1.54, 1.807) is 36.4 Å². The third-order valence-electron chi connectivity index (χ3n) is 3.87. The fourth-order valence-electron chi connectivity index (χ4n) is 2.78. The fourth-order valence-corrected chi connectivity index (χ4v) is 2.78. The van der Waals surface area contributed by atoms with E-state index >= 15 is 0 Å². The Morgan fingerprint density at radius 1 is 1.29 bits per heavy atom. The van der Waals surface area contributed by atoms with E-state index in [-0.39, 0.29) is 17.1 Å². The maximum Gasteiger partial charge on any atom is 0.273 e. The van der Waals surface area contributed by atoms with Crippen molar-refractivity contribution in [2.75, 3.05) is 7.11 Å². The van der Waals surface area contributed by atoms with Gasteiger partial charge in [-0.05, 0) is 6.07 Å². The van der Waals surface area contributed by atoms with Gasteiger partial charge in [-0.2, -0.15) is 5.26 Å². The molecular weight excluding hydrogens is 310 g/mol. The van der Waals surface area contributed by atoms with Gasteiger partial charge in [-0.1, -0.05) is 24.3 Å². The Labute approximate surface area is 137 Å². The molecule has 0 saturated carbocycles. The SMILES string of the molecule is COc1ccc2c(c1)OC(N)=C(C#N)[C@H]2c1ccccc1[N+](=O)[O-]. The third kappa shape index (κ3) is 2.40. The average molecular weight is 323 g/mol. The smallest absolute Gasteiger partial charge is 0.273 e. The first kappa shape index (κ1) is 15.4. The Bertz CT molecular complexity index is 899. The van der Waals surface area contributed by atoms with Crippen molar-refractivity contribution >= 4 is 5.69 Å². The molecule has 0 fully saturated rings. The number of nitrogens with zero attached hydrogens (tertiary/aromatic N) is 2. The summed E-state index contributed by atoms with van der Waals surface area (Å²) in [6.45, 7) is 0. The molecule has 1 aliphatic rings. The Hall–Kier alpha value is -3.53. The van der Waals surface area contributed by atoms with Crippen molar-refractivity contribution in [2.45, 2.75) is 5.92 Å². The lowest BCUT2D eigenvalue weighted by atomic mass is 9.83. The molecule has 3 rings (SSSR count). The van der Waals surface area contributed by atoms with E-state index < -0.39 is 10.8 Å². The molecule has 2 aromatic carbocycles. The molecule has 24 heavy (non-hydrogen) atoms. The molecule has 0 amide bonds. The zero-order valence-corrected chi connectivity index (χ0v) is 12.7. The van der Waals surface area contributed by atoms with Crippen LogP contribution >= 0.6 is 0 Å². The summed E-state index contributed by atoms with van der Waals surface area (Å²) in [6.07, 6.45) is 0. The van der Waals surface area contributed by atoms with Crippen LogP contribution < -0.4 is 15.2 Å². The molecule has 0 aromatic heterocycles. The number of nitrogens with two attached hydrogens (primary N) is 1. The van der Waals surface area contributed by atoms with Crippen molar-refractivity contribution in [1.29, 1.82) is 5.26 Å².